The zero-order valence-corrected chi connectivity index (χ0v) is 20.2. The van der Waals surface area contributed by atoms with Crippen LogP contribution in [0.3, 0.4) is 0 Å². The van der Waals surface area contributed by atoms with Crippen LogP contribution in [-0.2, 0) is 28.5 Å². The zero-order valence-electron chi connectivity index (χ0n) is 19.4. The van der Waals surface area contributed by atoms with E-state index in [0.29, 0.717) is 12.1 Å². The predicted octanol–water partition coefficient (Wildman–Crippen LogP) is 3.87. The minimum Gasteiger partial charge on any atom is -0.352 e. The summed E-state index contributed by atoms with van der Waals surface area (Å²) < 4.78 is 29.8. The third kappa shape index (κ3) is 7.27. The molecule has 0 bridgehead atoms. The molecule has 1 aromatic heterocycles. The van der Waals surface area contributed by atoms with Gasteiger partial charge in [0.15, 0.2) is 0 Å². The summed E-state index contributed by atoms with van der Waals surface area (Å²) in [7, 11) is -3.62. The Labute approximate surface area is 196 Å². The molecule has 7 nitrogen and oxygen atoms in total. The Bertz CT molecular complexity index is 1130. The quantitative estimate of drug-likeness (QED) is 0.442. The van der Waals surface area contributed by atoms with E-state index in [2.05, 4.69) is 35.8 Å². The van der Waals surface area contributed by atoms with E-state index in [-0.39, 0.29) is 22.8 Å². The standard InChI is InChI=1S/C25H32N4O3S/c1-25(2,3)22-10-12-23(13-11-22)33(31,32)28-18-20-6-8-21(9-7-20)24(30)27-14-4-5-16-29-17-15-26-19-29/h6-13,15,17,19,28H,4-5,14,16,18H2,1-3H3,(H,27,30). The van der Waals surface area contributed by atoms with Crippen LogP contribution in [0.1, 0.15) is 55.1 Å². The minimum absolute atomic E-state index is 0.0374. The molecule has 0 saturated carbocycles. The number of aromatic nitrogens is 2. The number of nitrogens with one attached hydrogen (secondary N) is 2. The number of rotatable bonds is 10. The van der Waals surface area contributed by atoms with Crippen LogP contribution in [-0.4, -0.2) is 30.4 Å². The van der Waals surface area contributed by atoms with Gasteiger partial charge in [-0.05, 0) is 53.6 Å². The second-order valence-electron chi connectivity index (χ2n) is 9.06. The lowest BCUT2D eigenvalue weighted by atomic mass is 9.87. The molecule has 33 heavy (non-hydrogen) atoms. The first kappa shape index (κ1) is 24.7. The number of hydrogen-bond donors (Lipinski definition) is 2. The molecule has 2 aromatic carbocycles. The van der Waals surface area contributed by atoms with Crippen molar-refractivity contribution >= 4 is 15.9 Å². The first-order valence-corrected chi connectivity index (χ1v) is 12.6. The van der Waals surface area contributed by atoms with Gasteiger partial charge in [-0.3, -0.25) is 4.79 Å². The van der Waals surface area contributed by atoms with Gasteiger partial charge in [0.25, 0.3) is 5.91 Å². The van der Waals surface area contributed by atoms with Crippen molar-refractivity contribution < 1.29 is 13.2 Å². The number of carbonyl (C=O) groups is 1. The van der Waals surface area contributed by atoms with E-state index >= 15 is 0 Å². The zero-order chi connectivity index (χ0) is 23.9. The second-order valence-corrected chi connectivity index (χ2v) is 10.8. The van der Waals surface area contributed by atoms with Crippen LogP contribution in [0.15, 0.2) is 72.1 Å². The topological polar surface area (TPSA) is 93.1 Å². The number of amides is 1. The Balaban J connectivity index is 1.46. The molecular weight excluding hydrogens is 436 g/mol. The van der Waals surface area contributed by atoms with Gasteiger partial charge in [-0.1, -0.05) is 45.0 Å². The van der Waals surface area contributed by atoms with Gasteiger partial charge in [0.2, 0.25) is 10.0 Å². The van der Waals surface area contributed by atoms with Crippen molar-refractivity contribution in [1.29, 1.82) is 0 Å². The number of nitrogens with zero attached hydrogens (tertiary/aromatic N) is 2. The van der Waals surface area contributed by atoms with E-state index in [9.17, 15) is 13.2 Å². The van der Waals surface area contributed by atoms with Crippen LogP contribution in [0.2, 0.25) is 0 Å². The van der Waals surface area contributed by atoms with E-state index < -0.39 is 10.0 Å². The van der Waals surface area contributed by atoms with Crippen molar-refractivity contribution in [3.63, 3.8) is 0 Å². The lowest BCUT2D eigenvalue weighted by Gasteiger charge is -2.19. The highest BCUT2D eigenvalue weighted by atomic mass is 32.2. The summed E-state index contributed by atoms with van der Waals surface area (Å²) >= 11 is 0. The average Bonchev–Trinajstić information content (AvgIpc) is 3.31. The molecule has 0 fully saturated rings. The Morgan fingerprint density at radius 2 is 1.70 bits per heavy atom. The highest BCUT2D eigenvalue weighted by Gasteiger charge is 2.17. The molecule has 3 aromatic rings. The number of sulfonamides is 1. The number of benzene rings is 2. The SMILES string of the molecule is CC(C)(C)c1ccc(S(=O)(=O)NCc2ccc(C(=O)NCCCCn3ccnc3)cc2)cc1. The fourth-order valence-corrected chi connectivity index (χ4v) is 4.33. The molecule has 2 N–H and O–H groups in total. The van der Waals surface area contributed by atoms with Crippen molar-refractivity contribution in [3.8, 4) is 0 Å². The first-order chi connectivity index (χ1) is 15.6. The number of imidazole rings is 1. The molecular formula is C25H32N4O3S. The molecule has 0 aliphatic rings. The first-order valence-electron chi connectivity index (χ1n) is 11.1. The highest BCUT2D eigenvalue weighted by molar-refractivity contribution is 7.89. The number of carbonyl (C=O) groups excluding carboxylic acids is 1. The Hall–Kier alpha value is -2.97. The number of aryl methyl sites for hydroxylation is 1. The van der Waals surface area contributed by atoms with Crippen LogP contribution in [0.5, 0.6) is 0 Å². The molecule has 1 amide bonds. The average molecular weight is 469 g/mol. The monoisotopic (exact) mass is 468 g/mol. The van der Waals surface area contributed by atoms with Crippen molar-refractivity contribution in [3.05, 3.63) is 83.9 Å². The van der Waals surface area contributed by atoms with Gasteiger partial charge >= 0.3 is 0 Å². The van der Waals surface area contributed by atoms with Crippen LogP contribution >= 0.6 is 0 Å². The lowest BCUT2D eigenvalue weighted by molar-refractivity contribution is 0.0953. The molecule has 0 spiro atoms. The van der Waals surface area contributed by atoms with Crippen molar-refractivity contribution in [1.82, 2.24) is 19.6 Å². The normalized spacial score (nSPS) is 12.0. The summed E-state index contributed by atoms with van der Waals surface area (Å²) in [6, 6.07) is 13.9. The predicted molar refractivity (Wildman–Crippen MR) is 129 cm³/mol. The number of hydrogen-bond acceptors (Lipinski definition) is 4. The van der Waals surface area contributed by atoms with E-state index in [1.54, 1.807) is 48.9 Å². The summed E-state index contributed by atoms with van der Waals surface area (Å²) in [6.45, 7) is 7.88. The summed E-state index contributed by atoms with van der Waals surface area (Å²) in [6.07, 6.45) is 7.28. The Morgan fingerprint density at radius 3 is 2.30 bits per heavy atom. The van der Waals surface area contributed by atoms with Gasteiger partial charge in [0.1, 0.15) is 0 Å². The van der Waals surface area contributed by atoms with E-state index in [1.165, 1.54) is 0 Å². The van der Waals surface area contributed by atoms with Crippen LogP contribution < -0.4 is 10.0 Å². The maximum atomic E-state index is 12.6. The fourth-order valence-electron chi connectivity index (χ4n) is 3.31. The largest absolute Gasteiger partial charge is 0.352 e. The molecule has 1 heterocycles. The van der Waals surface area contributed by atoms with Crippen LogP contribution in [0, 0.1) is 0 Å². The second kappa shape index (κ2) is 10.8. The van der Waals surface area contributed by atoms with Gasteiger partial charge in [0.05, 0.1) is 11.2 Å². The van der Waals surface area contributed by atoms with Gasteiger partial charge in [-0.25, -0.2) is 18.1 Å². The molecule has 0 radical (unpaired) electrons. The summed E-state index contributed by atoms with van der Waals surface area (Å²) in [5.41, 5.74) is 2.37. The molecule has 0 atom stereocenters. The molecule has 3 rings (SSSR count). The molecule has 0 saturated heterocycles. The van der Waals surface area contributed by atoms with Crippen molar-refractivity contribution in [2.75, 3.05) is 6.54 Å². The highest BCUT2D eigenvalue weighted by Crippen LogP contribution is 2.23. The van der Waals surface area contributed by atoms with Crippen LogP contribution in [0.25, 0.3) is 0 Å². The summed E-state index contributed by atoms with van der Waals surface area (Å²) in [5.74, 6) is -0.135. The molecule has 176 valence electrons. The molecule has 0 aliphatic heterocycles. The maximum absolute atomic E-state index is 12.6. The van der Waals surface area contributed by atoms with E-state index in [0.717, 1.165) is 30.5 Å². The smallest absolute Gasteiger partial charge is 0.251 e. The Morgan fingerprint density at radius 1 is 1.00 bits per heavy atom. The molecule has 0 unspecified atom stereocenters. The van der Waals surface area contributed by atoms with Crippen molar-refractivity contribution in [2.24, 2.45) is 0 Å². The maximum Gasteiger partial charge on any atom is 0.251 e. The van der Waals surface area contributed by atoms with Gasteiger partial charge < -0.3 is 9.88 Å². The van der Waals surface area contributed by atoms with Gasteiger partial charge in [-0.15, -0.1) is 0 Å². The van der Waals surface area contributed by atoms with Gasteiger partial charge in [-0.2, -0.15) is 0 Å². The molecule has 8 heteroatoms. The third-order valence-corrected chi connectivity index (χ3v) is 6.82. The van der Waals surface area contributed by atoms with E-state index in [1.807, 2.05) is 22.9 Å². The fraction of sp³-hybridized carbons (Fsp3) is 0.360. The third-order valence-electron chi connectivity index (χ3n) is 5.40. The minimum atomic E-state index is -3.62. The van der Waals surface area contributed by atoms with Crippen molar-refractivity contribution in [2.45, 2.75) is 57.0 Å². The summed E-state index contributed by atoms with van der Waals surface area (Å²) in [5, 5.41) is 2.92. The number of unbranched alkanes of at least 4 members (excludes halogenated alkanes) is 1. The lowest BCUT2D eigenvalue weighted by Crippen LogP contribution is -2.25. The summed E-state index contributed by atoms with van der Waals surface area (Å²) in [4.78, 5) is 16.6. The van der Waals surface area contributed by atoms with E-state index in [4.69, 9.17) is 0 Å². The van der Waals surface area contributed by atoms with Gasteiger partial charge in [0, 0.05) is 37.6 Å². The molecule has 0 aliphatic carbocycles. The van der Waals surface area contributed by atoms with Crippen LogP contribution in [0.4, 0.5) is 0 Å². The Kier molecular flexibility index (Phi) is 8.05.